The second-order valence-corrected chi connectivity index (χ2v) is 17.7. The van der Waals surface area contributed by atoms with Crippen molar-refractivity contribution in [2.45, 2.75) is 231 Å². The number of esters is 2. The van der Waals surface area contributed by atoms with E-state index in [1.165, 1.54) is 148 Å². The van der Waals surface area contributed by atoms with Crippen molar-refractivity contribution in [1.29, 1.82) is 0 Å². The van der Waals surface area contributed by atoms with Gasteiger partial charge >= 0.3 is 11.9 Å². The van der Waals surface area contributed by atoms with E-state index in [4.69, 9.17) is 14.2 Å². The lowest BCUT2D eigenvalue weighted by Gasteiger charge is -2.34. The third kappa shape index (κ3) is 40.7. The fraction of sp³-hybridized carbons (Fsp3) is 0.824. The van der Waals surface area contributed by atoms with Gasteiger partial charge in [-0.05, 0) is 57.8 Å². The first kappa shape index (κ1) is 56.5. The summed E-state index contributed by atoms with van der Waals surface area (Å²) in [5.74, 6) is -1.82. The molecule has 0 amide bonds. The van der Waals surface area contributed by atoms with Gasteiger partial charge in [0.15, 0.2) is 6.10 Å². The smallest absolute Gasteiger partial charge is 0.306 e. The predicted molar refractivity (Wildman–Crippen MR) is 245 cm³/mol. The third-order valence-electron chi connectivity index (χ3n) is 11.0. The van der Waals surface area contributed by atoms with Crippen LogP contribution in [0.2, 0.25) is 0 Å². The number of likely N-dealkylation sites (N-methyl/N-ethyl adjacent to an activating group) is 1. The topological polar surface area (TPSA) is 102 Å². The Kier molecular flexibility index (Phi) is 40.5. The van der Waals surface area contributed by atoms with Crippen LogP contribution in [0.4, 0.5) is 0 Å². The number of hydrogen-bond donors (Lipinski definition) is 0. The van der Waals surface area contributed by atoms with Gasteiger partial charge in [0.2, 0.25) is 0 Å². The number of aliphatic carboxylic acids is 1. The van der Waals surface area contributed by atoms with Crippen LogP contribution >= 0.6 is 0 Å². The molecule has 0 radical (unpaired) electrons. The number of carbonyl (C=O) groups is 3. The average molecular weight is 832 g/mol. The highest BCUT2D eigenvalue weighted by molar-refractivity contribution is 5.70. The van der Waals surface area contributed by atoms with E-state index >= 15 is 0 Å². The molecule has 2 atom stereocenters. The van der Waals surface area contributed by atoms with E-state index in [-0.39, 0.29) is 49.1 Å². The molecule has 59 heavy (non-hydrogen) atoms. The molecule has 0 aromatic carbocycles. The minimum Gasteiger partial charge on any atom is -0.544 e. The average Bonchev–Trinajstić information content (AvgIpc) is 3.19. The highest BCUT2D eigenvalue weighted by Crippen LogP contribution is 2.15. The molecule has 0 aliphatic carbocycles. The van der Waals surface area contributed by atoms with E-state index in [9.17, 15) is 19.5 Å². The number of hydrogen-bond acceptors (Lipinski definition) is 7. The molecule has 0 aromatic rings. The van der Waals surface area contributed by atoms with Gasteiger partial charge in [-0.25, -0.2) is 0 Å². The Hall–Kier alpha value is -2.45. The van der Waals surface area contributed by atoms with Gasteiger partial charge in [-0.15, -0.1) is 0 Å². The van der Waals surface area contributed by atoms with Gasteiger partial charge in [-0.2, -0.15) is 0 Å². The van der Waals surface area contributed by atoms with Crippen LogP contribution in [0.15, 0.2) is 36.5 Å². The summed E-state index contributed by atoms with van der Waals surface area (Å²) in [6, 6.07) is -0.733. The summed E-state index contributed by atoms with van der Waals surface area (Å²) in [5.41, 5.74) is 0. The van der Waals surface area contributed by atoms with Crippen molar-refractivity contribution in [2.75, 3.05) is 41.0 Å². The lowest BCUT2D eigenvalue weighted by molar-refractivity contribution is -0.889. The summed E-state index contributed by atoms with van der Waals surface area (Å²) in [6.45, 7) is 4.61. The molecule has 0 heterocycles. The second-order valence-electron chi connectivity index (χ2n) is 17.7. The molecule has 2 unspecified atom stereocenters. The van der Waals surface area contributed by atoms with Crippen LogP contribution in [0.25, 0.3) is 0 Å². The number of quaternary nitrogens is 1. The van der Waals surface area contributed by atoms with E-state index in [0.717, 1.165) is 32.1 Å². The molecule has 0 aromatic heterocycles. The van der Waals surface area contributed by atoms with Crippen molar-refractivity contribution in [2.24, 2.45) is 0 Å². The first-order chi connectivity index (χ1) is 28.6. The number of ether oxygens (including phenoxy) is 3. The normalized spacial score (nSPS) is 13.2. The number of unbranched alkanes of at least 4 members (excludes halogenated alkanes) is 24. The Bertz CT molecular complexity index is 1060. The molecule has 0 bridgehead atoms. The summed E-state index contributed by atoms with van der Waals surface area (Å²) in [5, 5.41) is 11.6. The molecule has 0 saturated carbocycles. The van der Waals surface area contributed by atoms with E-state index in [1.54, 1.807) is 21.1 Å². The van der Waals surface area contributed by atoms with Crippen molar-refractivity contribution >= 4 is 17.9 Å². The summed E-state index contributed by atoms with van der Waals surface area (Å²) < 4.78 is 17.1. The van der Waals surface area contributed by atoms with Crippen molar-refractivity contribution in [1.82, 2.24) is 0 Å². The zero-order valence-electron chi connectivity index (χ0n) is 39.2. The summed E-state index contributed by atoms with van der Waals surface area (Å²) in [6.07, 6.45) is 49.1. The second kappa shape index (κ2) is 42.2. The minimum absolute atomic E-state index is 0.0233. The lowest BCUT2D eigenvalue weighted by atomic mass is 10.0. The summed E-state index contributed by atoms with van der Waals surface area (Å²) >= 11 is 0. The molecule has 8 nitrogen and oxygen atoms in total. The minimum atomic E-state index is -1.13. The Morgan fingerprint density at radius 1 is 0.508 bits per heavy atom. The van der Waals surface area contributed by atoms with E-state index < -0.39 is 18.1 Å². The van der Waals surface area contributed by atoms with Gasteiger partial charge < -0.3 is 28.6 Å². The van der Waals surface area contributed by atoms with Gasteiger partial charge in [-0.3, -0.25) is 9.59 Å². The molecule has 0 aliphatic heterocycles. The van der Waals surface area contributed by atoms with Crippen LogP contribution in [0.1, 0.15) is 219 Å². The Balaban J connectivity index is 4.28. The highest BCUT2D eigenvalue weighted by Gasteiger charge is 2.25. The maximum Gasteiger partial charge on any atom is 0.306 e. The molecular weight excluding hydrogens is 739 g/mol. The summed E-state index contributed by atoms with van der Waals surface area (Å²) in [4.78, 5) is 36.9. The van der Waals surface area contributed by atoms with Crippen LogP contribution in [0.5, 0.6) is 0 Å². The van der Waals surface area contributed by atoms with Crippen LogP contribution in [-0.2, 0) is 28.6 Å². The fourth-order valence-electron chi connectivity index (χ4n) is 7.18. The third-order valence-corrected chi connectivity index (χ3v) is 11.0. The lowest BCUT2D eigenvalue weighted by Crippen LogP contribution is -2.55. The van der Waals surface area contributed by atoms with E-state index in [1.807, 2.05) is 6.08 Å². The van der Waals surface area contributed by atoms with Crippen LogP contribution in [0, 0.1) is 0 Å². The molecule has 0 fully saturated rings. The Morgan fingerprint density at radius 2 is 0.932 bits per heavy atom. The standard InChI is InChI=1S/C51H93NO7/c1-6-8-10-12-14-16-18-20-21-22-23-24-25-26-27-28-30-32-34-36-38-40-42-50(54)59-47(45-57-44-43-48(51(55)56)52(3,4)5)46-58-49(53)41-39-37-35-33-31-29-19-17-15-13-11-9-7-2/h25-26,29,31,35,37,47-48H,6-24,27-28,30,32-34,36,38-46H2,1-5H3/b26-25+,31-29+,37-35+. The largest absolute Gasteiger partial charge is 0.544 e. The zero-order chi connectivity index (χ0) is 43.5. The molecule has 0 rings (SSSR count). The zero-order valence-corrected chi connectivity index (χ0v) is 39.2. The predicted octanol–water partition coefficient (Wildman–Crippen LogP) is 12.5. The molecule has 0 N–H and O–H groups in total. The molecule has 344 valence electrons. The number of carboxylic acid groups (broad SMARTS) is 1. The molecule has 0 saturated heterocycles. The van der Waals surface area contributed by atoms with E-state index in [0.29, 0.717) is 12.8 Å². The first-order valence-corrected chi connectivity index (χ1v) is 24.5. The SMILES string of the molecule is CCCCCCCC/C=C/C/C=C/CCC(=O)OCC(COCCC(C(=O)[O-])[N+](C)(C)C)OC(=O)CCCCCCCCC/C=C/CCCCCCCCCCCCC. The first-order valence-electron chi connectivity index (χ1n) is 24.5. The van der Waals surface area contributed by atoms with Crippen LogP contribution in [-0.4, -0.2) is 75.5 Å². The molecular formula is C51H93NO7. The Morgan fingerprint density at radius 3 is 1.39 bits per heavy atom. The molecule has 8 heteroatoms. The van der Waals surface area contributed by atoms with Gasteiger partial charge in [0.1, 0.15) is 12.6 Å². The maximum atomic E-state index is 12.7. The van der Waals surface area contributed by atoms with E-state index in [2.05, 4.69) is 44.2 Å². The van der Waals surface area contributed by atoms with Gasteiger partial charge in [0, 0.05) is 19.3 Å². The van der Waals surface area contributed by atoms with Gasteiger partial charge in [0.25, 0.3) is 0 Å². The van der Waals surface area contributed by atoms with Crippen molar-refractivity contribution in [3.05, 3.63) is 36.5 Å². The monoisotopic (exact) mass is 832 g/mol. The fourth-order valence-corrected chi connectivity index (χ4v) is 7.18. The number of allylic oxidation sites excluding steroid dienone is 6. The Labute approximate surface area is 364 Å². The summed E-state index contributed by atoms with van der Waals surface area (Å²) in [7, 11) is 5.40. The van der Waals surface area contributed by atoms with Crippen LogP contribution in [0.3, 0.4) is 0 Å². The quantitative estimate of drug-likeness (QED) is 0.0261. The van der Waals surface area contributed by atoms with Gasteiger partial charge in [0.05, 0.1) is 40.3 Å². The van der Waals surface area contributed by atoms with Crippen LogP contribution < -0.4 is 5.11 Å². The van der Waals surface area contributed by atoms with Gasteiger partial charge in [-0.1, -0.05) is 179 Å². The number of rotatable bonds is 44. The highest BCUT2D eigenvalue weighted by atomic mass is 16.6. The molecule has 0 aliphatic rings. The number of carbonyl (C=O) groups excluding carboxylic acids is 3. The maximum absolute atomic E-state index is 12.7. The molecule has 0 spiro atoms. The van der Waals surface area contributed by atoms with Crippen molar-refractivity contribution < 1.29 is 38.2 Å². The van der Waals surface area contributed by atoms with Crippen molar-refractivity contribution in [3.63, 3.8) is 0 Å². The van der Waals surface area contributed by atoms with Crippen molar-refractivity contribution in [3.8, 4) is 0 Å². The number of nitrogens with zero attached hydrogens (tertiary/aromatic N) is 1. The number of carboxylic acids is 1.